The Kier molecular flexibility index (Phi) is 3.67. The number of nitrogens with zero attached hydrogens (tertiary/aromatic N) is 4. The molecule has 29 heavy (non-hydrogen) atoms. The summed E-state index contributed by atoms with van der Waals surface area (Å²) < 4.78 is 6.83. The number of fused-ring (bicyclic) bond motifs is 4. The minimum absolute atomic E-state index is 0.0437. The van der Waals surface area contributed by atoms with Crippen molar-refractivity contribution in [2.45, 2.75) is 6.54 Å². The molecule has 5 rings (SSSR count). The van der Waals surface area contributed by atoms with Crippen LogP contribution in [0.15, 0.2) is 69.8 Å². The molecule has 2 aromatic carbocycles. The van der Waals surface area contributed by atoms with Gasteiger partial charge >= 0.3 is 0 Å². The summed E-state index contributed by atoms with van der Waals surface area (Å²) in [6.45, 7) is -0.237. The van der Waals surface area contributed by atoms with Gasteiger partial charge in [-0.1, -0.05) is 24.3 Å². The van der Waals surface area contributed by atoms with E-state index in [0.717, 1.165) is 10.9 Å². The molecule has 0 aliphatic carbocycles. The van der Waals surface area contributed by atoms with Gasteiger partial charge in [-0.15, -0.1) is 0 Å². The Bertz CT molecular complexity index is 1500. The van der Waals surface area contributed by atoms with E-state index in [-0.39, 0.29) is 29.3 Å². The molecule has 0 unspecified atom stereocenters. The molecule has 0 aliphatic heterocycles. The smallest absolute Gasteiger partial charge is 0.297 e. The predicted molar refractivity (Wildman–Crippen MR) is 107 cm³/mol. The molecule has 0 bridgehead atoms. The van der Waals surface area contributed by atoms with Crippen molar-refractivity contribution in [3.05, 3.63) is 76.8 Å². The lowest BCUT2D eigenvalue weighted by molar-refractivity contribution is 0.376. The van der Waals surface area contributed by atoms with Crippen LogP contribution in [0.5, 0.6) is 0 Å². The minimum Gasteiger partial charge on any atom is -0.509 e. The lowest BCUT2D eigenvalue weighted by Crippen LogP contribution is -2.21. The maximum absolute atomic E-state index is 12.8. The van der Waals surface area contributed by atoms with Crippen LogP contribution in [0.25, 0.3) is 38.7 Å². The van der Waals surface area contributed by atoms with E-state index in [1.54, 1.807) is 12.1 Å². The number of aliphatic hydroxyl groups excluding tert-OH is 1. The summed E-state index contributed by atoms with van der Waals surface area (Å²) in [5, 5.41) is 20.8. The van der Waals surface area contributed by atoms with Crippen molar-refractivity contribution in [3.8, 4) is 6.07 Å². The lowest BCUT2D eigenvalue weighted by Gasteiger charge is -2.05. The van der Waals surface area contributed by atoms with E-state index >= 15 is 0 Å². The van der Waals surface area contributed by atoms with E-state index < -0.39 is 5.56 Å². The van der Waals surface area contributed by atoms with Gasteiger partial charge in [0.1, 0.15) is 28.5 Å². The second-order valence-electron chi connectivity index (χ2n) is 6.49. The highest BCUT2D eigenvalue weighted by Gasteiger charge is 2.17. The van der Waals surface area contributed by atoms with Crippen LogP contribution in [0, 0.1) is 11.3 Å². The van der Waals surface area contributed by atoms with Gasteiger partial charge in [-0.3, -0.25) is 9.36 Å². The van der Waals surface area contributed by atoms with Crippen molar-refractivity contribution < 1.29 is 9.52 Å². The van der Waals surface area contributed by atoms with E-state index in [0.29, 0.717) is 16.6 Å². The third-order valence-electron chi connectivity index (χ3n) is 4.70. The first-order valence-electron chi connectivity index (χ1n) is 8.79. The first-order valence-corrected chi connectivity index (χ1v) is 8.79. The molecule has 2 N–H and O–H groups in total. The number of nitrogens with one attached hydrogen (secondary N) is 1. The molecule has 0 fully saturated rings. The summed E-state index contributed by atoms with van der Waals surface area (Å²) >= 11 is 0. The highest BCUT2D eigenvalue weighted by molar-refractivity contribution is 6.01. The second kappa shape index (κ2) is 6.35. The molecule has 0 saturated heterocycles. The second-order valence-corrected chi connectivity index (χ2v) is 6.49. The van der Waals surface area contributed by atoms with E-state index in [9.17, 15) is 15.2 Å². The zero-order valence-electron chi connectivity index (χ0n) is 15.0. The third-order valence-corrected chi connectivity index (χ3v) is 4.70. The maximum atomic E-state index is 12.8. The Hall–Kier alpha value is -4.38. The van der Waals surface area contributed by atoms with Crippen LogP contribution >= 0.6 is 0 Å². The van der Waals surface area contributed by atoms with E-state index in [1.807, 2.05) is 42.5 Å². The zero-order chi connectivity index (χ0) is 20.0. The van der Waals surface area contributed by atoms with Crippen LogP contribution < -0.4 is 5.56 Å². The topological polar surface area (TPSA) is 121 Å². The van der Waals surface area contributed by atoms with Gasteiger partial charge < -0.3 is 14.5 Å². The van der Waals surface area contributed by atoms with Crippen molar-refractivity contribution in [1.29, 1.82) is 5.26 Å². The quantitative estimate of drug-likeness (QED) is 0.363. The number of H-pyrrole nitrogens is 1. The number of para-hydroxylation sites is 3. The summed E-state index contributed by atoms with van der Waals surface area (Å²) in [6.07, 6.45) is 1.33. The van der Waals surface area contributed by atoms with Gasteiger partial charge in [0.15, 0.2) is 5.82 Å². The zero-order valence-corrected chi connectivity index (χ0v) is 15.0. The standard InChI is InChI=1S/C21H13N5O3/c22-9-13(20-24-14-6-2-3-7-15(14)25-20)16(27)10-26-11-23-18-12-5-1-4-8-17(12)29-19(18)21(26)28/h1-8,11,27H,10H2,(H,24,25)/b16-13-. The number of hydrogen-bond acceptors (Lipinski definition) is 6. The Morgan fingerprint density at radius 2 is 2.00 bits per heavy atom. The molecule has 8 heteroatoms. The first kappa shape index (κ1) is 16.8. The molecule has 8 nitrogen and oxygen atoms in total. The van der Waals surface area contributed by atoms with Crippen LogP contribution in [0.3, 0.4) is 0 Å². The van der Waals surface area contributed by atoms with Crippen LogP contribution in [0.4, 0.5) is 0 Å². The van der Waals surface area contributed by atoms with Crippen LogP contribution in [-0.2, 0) is 6.54 Å². The number of aliphatic hydroxyl groups is 1. The number of aromatic nitrogens is 4. The average Bonchev–Trinajstić information content (AvgIpc) is 3.32. The largest absolute Gasteiger partial charge is 0.509 e. The fourth-order valence-electron chi connectivity index (χ4n) is 3.29. The fourth-order valence-corrected chi connectivity index (χ4v) is 3.29. The molecule has 0 spiro atoms. The number of benzene rings is 2. The van der Waals surface area contributed by atoms with Gasteiger partial charge in [-0.25, -0.2) is 9.97 Å². The molecule has 0 amide bonds. The highest BCUT2D eigenvalue weighted by Crippen LogP contribution is 2.24. The van der Waals surface area contributed by atoms with E-state index in [1.165, 1.54) is 10.9 Å². The number of furan rings is 1. The normalized spacial score (nSPS) is 12.4. The van der Waals surface area contributed by atoms with Crippen LogP contribution in [-0.4, -0.2) is 24.6 Å². The number of allylic oxidation sites excluding steroid dienone is 2. The minimum atomic E-state index is -0.445. The monoisotopic (exact) mass is 383 g/mol. The molecule has 0 aliphatic rings. The van der Waals surface area contributed by atoms with Gasteiger partial charge in [0.05, 0.1) is 23.9 Å². The molecule has 3 aromatic heterocycles. The Labute approximate surface area is 163 Å². The Balaban J connectivity index is 1.59. The summed E-state index contributed by atoms with van der Waals surface area (Å²) in [4.78, 5) is 24.4. The van der Waals surface area contributed by atoms with Crippen molar-refractivity contribution in [2.24, 2.45) is 0 Å². The fraction of sp³-hybridized carbons (Fsp3) is 0.0476. The van der Waals surface area contributed by atoms with Crippen molar-refractivity contribution >= 4 is 38.7 Å². The van der Waals surface area contributed by atoms with Crippen molar-refractivity contribution in [3.63, 3.8) is 0 Å². The van der Waals surface area contributed by atoms with Gasteiger partial charge in [0.2, 0.25) is 5.58 Å². The first-order chi connectivity index (χ1) is 14.2. The van der Waals surface area contributed by atoms with Crippen molar-refractivity contribution in [2.75, 3.05) is 0 Å². The van der Waals surface area contributed by atoms with Crippen LogP contribution in [0.2, 0.25) is 0 Å². The molecule has 0 saturated carbocycles. The molecule has 140 valence electrons. The van der Waals surface area contributed by atoms with E-state index in [2.05, 4.69) is 15.0 Å². The summed E-state index contributed by atoms with van der Waals surface area (Å²) in [7, 11) is 0. The summed E-state index contributed by atoms with van der Waals surface area (Å²) in [5.74, 6) is -0.0667. The highest BCUT2D eigenvalue weighted by atomic mass is 16.3. The number of hydrogen-bond donors (Lipinski definition) is 2. The predicted octanol–water partition coefficient (Wildman–Crippen LogP) is 3.51. The van der Waals surface area contributed by atoms with E-state index in [4.69, 9.17) is 4.42 Å². The average molecular weight is 383 g/mol. The maximum Gasteiger partial charge on any atom is 0.297 e. The van der Waals surface area contributed by atoms with Crippen molar-refractivity contribution in [1.82, 2.24) is 19.5 Å². The molecule has 0 atom stereocenters. The van der Waals surface area contributed by atoms with Crippen LogP contribution in [0.1, 0.15) is 5.82 Å². The number of rotatable bonds is 3. The third kappa shape index (κ3) is 2.64. The number of imidazole rings is 1. The van der Waals surface area contributed by atoms with Gasteiger partial charge in [-0.05, 0) is 24.3 Å². The SMILES string of the molecule is N#C/C(=C(/O)Cn1cnc2c(oc3ccccc32)c1=O)c1nc2ccccc2[nH]1. The molecular weight excluding hydrogens is 370 g/mol. The molecule has 3 heterocycles. The Morgan fingerprint density at radius 3 is 2.83 bits per heavy atom. The summed E-state index contributed by atoms with van der Waals surface area (Å²) in [6, 6.07) is 16.5. The number of aromatic amines is 1. The summed E-state index contributed by atoms with van der Waals surface area (Å²) in [5.41, 5.74) is 2.05. The number of nitriles is 1. The van der Waals surface area contributed by atoms with Gasteiger partial charge in [0.25, 0.3) is 5.56 Å². The molecule has 0 radical (unpaired) electrons. The molecule has 5 aromatic rings. The van der Waals surface area contributed by atoms with Gasteiger partial charge in [-0.2, -0.15) is 5.26 Å². The molecular formula is C21H13N5O3. The van der Waals surface area contributed by atoms with Gasteiger partial charge in [0, 0.05) is 5.39 Å². The Morgan fingerprint density at radius 1 is 1.21 bits per heavy atom. The lowest BCUT2D eigenvalue weighted by atomic mass is 10.2.